The average Bonchev–Trinajstić information content (AvgIpc) is 2.39. The number of rotatable bonds is 7. The summed E-state index contributed by atoms with van der Waals surface area (Å²) in [6, 6.07) is 9.62. The number of ether oxygens (including phenoxy) is 2. The van der Waals surface area contributed by atoms with E-state index in [-0.39, 0.29) is 18.5 Å². The normalized spacial score (nSPS) is 13.9. The zero-order chi connectivity index (χ0) is 14.3. The molecule has 0 saturated carbocycles. The molecule has 106 valence electrons. The molecule has 0 fully saturated rings. The maximum absolute atomic E-state index is 12.3. The quantitative estimate of drug-likeness (QED) is 0.770. The van der Waals surface area contributed by atoms with Crippen molar-refractivity contribution < 1.29 is 14.3 Å². The highest BCUT2D eigenvalue weighted by atomic mass is 16.5. The van der Waals surface area contributed by atoms with Crippen LogP contribution in [-0.2, 0) is 14.3 Å². The third-order valence-electron chi connectivity index (χ3n) is 3.14. The lowest BCUT2D eigenvalue weighted by Gasteiger charge is -2.36. The van der Waals surface area contributed by atoms with Gasteiger partial charge >= 0.3 is 5.97 Å². The Kier molecular flexibility index (Phi) is 5.83. The minimum atomic E-state index is -0.869. The van der Waals surface area contributed by atoms with Gasteiger partial charge in [-0.15, -0.1) is 0 Å². The van der Waals surface area contributed by atoms with Crippen molar-refractivity contribution in [2.75, 3.05) is 25.6 Å². The second-order valence-electron chi connectivity index (χ2n) is 4.77. The number of esters is 1. The second kappa shape index (κ2) is 7.14. The van der Waals surface area contributed by atoms with Crippen molar-refractivity contribution in [3.05, 3.63) is 30.3 Å². The number of anilines is 1. The first-order valence-electron chi connectivity index (χ1n) is 6.56. The molecule has 0 aliphatic rings. The maximum atomic E-state index is 12.3. The van der Waals surface area contributed by atoms with E-state index in [0.717, 1.165) is 5.69 Å². The van der Waals surface area contributed by atoms with Gasteiger partial charge in [0, 0.05) is 12.8 Å². The topological polar surface area (TPSA) is 47.6 Å². The van der Waals surface area contributed by atoms with E-state index in [2.05, 4.69) is 5.32 Å². The van der Waals surface area contributed by atoms with Crippen LogP contribution in [0, 0.1) is 5.92 Å². The van der Waals surface area contributed by atoms with Crippen LogP contribution < -0.4 is 5.32 Å². The van der Waals surface area contributed by atoms with Crippen LogP contribution in [0.5, 0.6) is 0 Å². The lowest BCUT2D eigenvalue weighted by molar-refractivity contribution is -0.152. The van der Waals surface area contributed by atoms with Crippen LogP contribution in [0.2, 0.25) is 0 Å². The van der Waals surface area contributed by atoms with Gasteiger partial charge in [0.1, 0.15) is 0 Å². The predicted molar refractivity (Wildman–Crippen MR) is 76.1 cm³/mol. The van der Waals surface area contributed by atoms with E-state index in [0.29, 0.717) is 6.61 Å². The highest BCUT2D eigenvalue weighted by Gasteiger charge is 2.43. The molecule has 0 heterocycles. The van der Waals surface area contributed by atoms with E-state index in [1.54, 1.807) is 14.0 Å². The maximum Gasteiger partial charge on any atom is 0.334 e. The number of carbonyl (C=O) groups is 1. The first-order valence-corrected chi connectivity index (χ1v) is 6.56. The molecular weight excluding hydrogens is 242 g/mol. The smallest absolute Gasteiger partial charge is 0.334 e. The number of hydrogen-bond acceptors (Lipinski definition) is 4. The molecule has 1 N–H and O–H groups in total. The van der Waals surface area contributed by atoms with E-state index in [1.165, 1.54) is 0 Å². The van der Waals surface area contributed by atoms with Crippen LogP contribution in [-0.4, -0.2) is 31.8 Å². The minimum Gasteiger partial charge on any atom is -0.464 e. The molecule has 1 unspecified atom stereocenters. The van der Waals surface area contributed by atoms with Crippen molar-refractivity contribution in [2.24, 2.45) is 5.92 Å². The van der Waals surface area contributed by atoms with Crippen LogP contribution in [0.15, 0.2) is 30.3 Å². The van der Waals surface area contributed by atoms with Crippen LogP contribution in [0.25, 0.3) is 0 Å². The Morgan fingerprint density at radius 3 is 2.42 bits per heavy atom. The van der Waals surface area contributed by atoms with Gasteiger partial charge in [-0.05, 0) is 25.0 Å². The van der Waals surface area contributed by atoms with Crippen molar-refractivity contribution in [3.8, 4) is 0 Å². The van der Waals surface area contributed by atoms with E-state index in [1.807, 2.05) is 44.2 Å². The number of hydrogen-bond donors (Lipinski definition) is 1. The SMILES string of the molecule is CCOC(=O)C(COC)(Nc1ccccc1)C(C)C. The fourth-order valence-corrected chi connectivity index (χ4v) is 1.96. The van der Waals surface area contributed by atoms with Gasteiger partial charge in [0.05, 0.1) is 13.2 Å². The molecule has 0 spiro atoms. The summed E-state index contributed by atoms with van der Waals surface area (Å²) in [6.45, 7) is 6.38. The fraction of sp³-hybridized carbons (Fsp3) is 0.533. The van der Waals surface area contributed by atoms with Gasteiger partial charge in [0.25, 0.3) is 0 Å². The second-order valence-corrected chi connectivity index (χ2v) is 4.77. The lowest BCUT2D eigenvalue weighted by atomic mass is 9.86. The average molecular weight is 265 g/mol. The highest BCUT2D eigenvalue weighted by Crippen LogP contribution is 2.25. The molecule has 1 atom stereocenters. The summed E-state index contributed by atoms with van der Waals surface area (Å²) in [6.07, 6.45) is 0. The van der Waals surface area contributed by atoms with Crippen molar-refractivity contribution in [2.45, 2.75) is 26.3 Å². The number of para-hydroxylation sites is 1. The van der Waals surface area contributed by atoms with E-state index in [4.69, 9.17) is 9.47 Å². The molecule has 1 aromatic carbocycles. The molecule has 0 aliphatic heterocycles. The van der Waals surface area contributed by atoms with Crippen molar-refractivity contribution in [3.63, 3.8) is 0 Å². The van der Waals surface area contributed by atoms with Gasteiger partial charge in [-0.1, -0.05) is 32.0 Å². The summed E-state index contributed by atoms with van der Waals surface area (Å²) < 4.78 is 10.5. The Hall–Kier alpha value is -1.55. The summed E-state index contributed by atoms with van der Waals surface area (Å²) in [5.41, 5.74) is 0.00727. The van der Waals surface area contributed by atoms with Gasteiger partial charge in [0.15, 0.2) is 5.54 Å². The van der Waals surface area contributed by atoms with Gasteiger partial charge in [-0.3, -0.25) is 0 Å². The summed E-state index contributed by atoms with van der Waals surface area (Å²) in [7, 11) is 1.59. The van der Waals surface area contributed by atoms with E-state index >= 15 is 0 Å². The van der Waals surface area contributed by atoms with Crippen LogP contribution in [0.3, 0.4) is 0 Å². The molecule has 0 radical (unpaired) electrons. The minimum absolute atomic E-state index is 0.0340. The zero-order valence-corrected chi connectivity index (χ0v) is 12.1. The fourth-order valence-electron chi connectivity index (χ4n) is 1.96. The standard InChI is InChI=1S/C15H23NO3/c1-5-19-14(17)15(11-18-4,12(2)3)16-13-9-7-6-8-10-13/h6-10,12,16H,5,11H2,1-4H3. The van der Waals surface area contributed by atoms with Crippen molar-refractivity contribution in [1.82, 2.24) is 0 Å². The largest absolute Gasteiger partial charge is 0.464 e. The Labute approximate surface area is 115 Å². The molecule has 1 rings (SSSR count). The molecule has 0 amide bonds. The highest BCUT2D eigenvalue weighted by molar-refractivity contribution is 5.85. The van der Waals surface area contributed by atoms with Gasteiger partial charge < -0.3 is 14.8 Å². The predicted octanol–water partition coefficient (Wildman–Crippen LogP) is 2.70. The number of carbonyl (C=O) groups excluding carboxylic acids is 1. The van der Waals surface area contributed by atoms with Crippen molar-refractivity contribution in [1.29, 1.82) is 0 Å². The number of nitrogens with one attached hydrogen (secondary N) is 1. The summed E-state index contributed by atoms with van der Waals surface area (Å²) in [5.74, 6) is -0.248. The summed E-state index contributed by atoms with van der Waals surface area (Å²) in [5, 5.41) is 3.28. The molecule has 0 aromatic heterocycles. The summed E-state index contributed by atoms with van der Waals surface area (Å²) in [4.78, 5) is 12.3. The molecular formula is C15H23NO3. The first kappa shape index (κ1) is 15.5. The molecule has 0 aliphatic carbocycles. The number of methoxy groups -OCH3 is 1. The van der Waals surface area contributed by atoms with Crippen LogP contribution >= 0.6 is 0 Å². The molecule has 1 aromatic rings. The molecule has 0 bridgehead atoms. The Morgan fingerprint density at radius 2 is 1.95 bits per heavy atom. The third kappa shape index (κ3) is 3.70. The monoisotopic (exact) mass is 265 g/mol. The lowest BCUT2D eigenvalue weighted by Crippen LogP contribution is -2.55. The van der Waals surface area contributed by atoms with E-state index in [9.17, 15) is 4.79 Å². The molecule has 19 heavy (non-hydrogen) atoms. The first-order chi connectivity index (χ1) is 9.06. The summed E-state index contributed by atoms with van der Waals surface area (Å²) >= 11 is 0. The van der Waals surface area contributed by atoms with E-state index < -0.39 is 5.54 Å². The molecule has 0 saturated heterocycles. The van der Waals surface area contributed by atoms with Gasteiger partial charge in [-0.2, -0.15) is 0 Å². The number of benzene rings is 1. The van der Waals surface area contributed by atoms with Gasteiger partial charge in [0.2, 0.25) is 0 Å². The van der Waals surface area contributed by atoms with Crippen LogP contribution in [0.1, 0.15) is 20.8 Å². The van der Waals surface area contributed by atoms with Gasteiger partial charge in [-0.25, -0.2) is 4.79 Å². The Bertz CT molecular complexity index is 392. The third-order valence-corrected chi connectivity index (χ3v) is 3.14. The van der Waals surface area contributed by atoms with Crippen molar-refractivity contribution >= 4 is 11.7 Å². The Balaban J connectivity index is 3.05. The molecule has 4 heteroatoms. The Morgan fingerprint density at radius 1 is 1.32 bits per heavy atom. The zero-order valence-electron chi connectivity index (χ0n) is 12.1. The van der Waals surface area contributed by atoms with Crippen LogP contribution in [0.4, 0.5) is 5.69 Å². The molecule has 4 nitrogen and oxygen atoms in total.